The number of benzene rings is 1. The Morgan fingerprint density at radius 2 is 1.77 bits per heavy atom. The quantitative estimate of drug-likeness (QED) is 0.671. The lowest BCUT2D eigenvalue weighted by molar-refractivity contribution is 0.209. The number of hydrogen-bond acceptors (Lipinski definition) is 6. The second-order valence-electron chi connectivity index (χ2n) is 8.64. The summed E-state index contributed by atoms with van der Waals surface area (Å²) in [5, 5.41) is 13.4. The Morgan fingerprint density at radius 3 is 2.52 bits per heavy atom. The molecule has 0 amide bonds. The van der Waals surface area contributed by atoms with E-state index < -0.39 is 0 Å². The average Bonchev–Trinajstić information content (AvgIpc) is 2.80. The zero-order valence-electron chi connectivity index (χ0n) is 18.5. The molecule has 0 bridgehead atoms. The minimum Gasteiger partial charge on any atom is -0.493 e. The van der Waals surface area contributed by atoms with Gasteiger partial charge in [0.1, 0.15) is 5.75 Å². The number of hydrogen-bond donors (Lipinski definition) is 2. The van der Waals surface area contributed by atoms with Crippen LogP contribution in [0.5, 0.6) is 11.8 Å². The summed E-state index contributed by atoms with van der Waals surface area (Å²) < 4.78 is 6.00. The predicted molar refractivity (Wildman–Crippen MR) is 123 cm³/mol. The molecule has 1 aromatic carbocycles. The molecule has 0 radical (unpaired) electrons. The third kappa shape index (κ3) is 5.50. The van der Waals surface area contributed by atoms with E-state index in [1.165, 1.54) is 32.1 Å². The van der Waals surface area contributed by atoms with Crippen molar-refractivity contribution in [3.8, 4) is 23.1 Å². The van der Waals surface area contributed by atoms with Crippen LogP contribution in [0.3, 0.4) is 0 Å². The van der Waals surface area contributed by atoms with E-state index in [1.807, 2.05) is 31.3 Å². The highest BCUT2D eigenvalue weighted by molar-refractivity contribution is 5.76. The standard InChI is InChI=1S/C25H32N4O2/c1-17-8-9-19(15-26-2)14-22(17)24-27-23(28-25(30)29-24)20-10-12-21(13-11-20)31-16-18-6-4-3-5-7-18/h8,10-14,18-19,26H,3-7,9,15-16H2,1-2H3,(H,27,28,29,30). The highest BCUT2D eigenvalue weighted by atomic mass is 16.5. The van der Waals surface area contributed by atoms with E-state index in [0.29, 0.717) is 23.5 Å². The van der Waals surface area contributed by atoms with E-state index in [2.05, 4.69) is 39.3 Å². The summed E-state index contributed by atoms with van der Waals surface area (Å²) in [5.41, 5.74) is 2.90. The zero-order valence-corrected chi connectivity index (χ0v) is 18.5. The Labute approximate surface area is 184 Å². The second kappa shape index (κ2) is 10.1. The summed E-state index contributed by atoms with van der Waals surface area (Å²) >= 11 is 0. The molecule has 2 aliphatic rings. The van der Waals surface area contributed by atoms with Gasteiger partial charge in [-0.3, -0.25) is 0 Å². The van der Waals surface area contributed by atoms with Crippen LogP contribution in [0, 0.1) is 11.8 Å². The average molecular weight is 421 g/mol. The van der Waals surface area contributed by atoms with Gasteiger partial charge in [-0.15, -0.1) is 0 Å². The van der Waals surface area contributed by atoms with Crippen LogP contribution in [0.2, 0.25) is 0 Å². The molecule has 2 aromatic rings. The molecular formula is C25H32N4O2. The molecule has 2 N–H and O–H groups in total. The highest BCUT2D eigenvalue weighted by Gasteiger charge is 2.19. The van der Waals surface area contributed by atoms with Crippen LogP contribution in [0.4, 0.5) is 0 Å². The van der Waals surface area contributed by atoms with Crippen LogP contribution in [-0.4, -0.2) is 40.3 Å². The van der Waals surface area contributed by atoms with Crippen LogP contribution in [-0.2, 0) is 0 Å². The van der Waals surface area contributed by atoms with Gasteiger partial charge in [-0.05, 0) is 74.9 Å². The van der Waals surface area contributed by atoms with E-state index in [4.69, 9.17) is 4.74 Å². The van der Waals surface area contributed by atoms with Crippen molar-refractivity contribution in [1.82, 2.24) is 20.3 Å². The SMILES string of the molecule is CNCC1C=C(c2nc(O)nc(-c3ccc(OCC4CCCCC4)cc3)n2)C(C)=CC1. The second-order valence-corrected chi connectivity index (χ2v) is 8.64. The van der Waals surface area contributed by atoms with Crippen molar-refractivity contribution in [2.75, 3.05) is 20.2 Å². The topological polar surface area (TPSA) is 80.2 Å². The lowest BCUT2D eigenvalue weighted by Crippen LogP contribution is -2.19. The molecule has 164 valence electrons. The molecule has 0 spiro atoms. The summed E-state index contributed by atoms with van der Waals surface area (Å²) in [6.45, 7) is 3.73. The fraction of sp³-hybridized carbons (Fsp3) is 0.480. The summed E-state index contributed by atoms with van der Waals surface area (Å²) in [6.07, 6.45) is 11.9. The fourth-order valence-corrected chi connectivity index (χ4v) is 4.41. The smallest absolute Gasteiger partial charge is 0.318 e. The van der Waals surface area contributed by atoms with Crippen molar-refractivity contribution < 1.29 is 9.84 Å². The molecule has 0 saturated heterocycles. The molecular weight excluding hydrogens is 388 g/mol. The molecule has 31 heavy (non-hydrogen) atoms. The first-order chi connectivity index (χ1) is 15.1. The molecule has 1 aromatic heterocycles. The number of nitrogens with zero attached hydrogens (tertiary/aromatic N) is 3. The lowest BCUT2D eigenvalue weighted by atomic mass is 9.90. The van der Waals surface area contributed by atoms with Crippen LogP contribution in [0.25, 0.3) is 17.0 Å². The maximum atomic E-state index is 10.2. The normalized spacial score (nSPS) is 19.6. The largest absolute Gasteiger partial charge is 0.493 e. The third-order valence-corrected chi connectivity index (χ3v) is 6.21. The molecule has 6 heteroatoms. The molecule has 1 unspecified atom stereocenters. The van der Waals surface area contributed by atoms with E-state index in [1.54, 1.807) is 0 Å². The van der Waals surface area contributed by atoms with Gasteiger partial charge in [0, 0.05) is 17.7 Å². The molecule has 4 rings (SSSR count). The molecule has 1 heterocycles. The molecule has 1 atom stereocenters. The Morgan fingerprint density at radius 1 is 1.03 bits per heavy atom. The monoisotopic (exact) mass is 420 g/mol. The zero-order chi connectivity index (χ0) is 21.6. The maximum Gasteiger partial charge on any atom is 0.318 e. The van der Waals surface area contributed by atoms with Crippen molar-refractivity contribution in [3.05, 3.63) is 47.8 Å². The summed E-state index contributed by atoms with van der Waals surface area (Å²) in [7, 11) is 1.95. The minimum absolute atomic E-state index is 0.262. The van der Waals surface area contributed by atoms with Gasteiger partial charge in [-0.25, -0.2) is 4.98 Å². The van der Waals surface area contributed by atoms with Crippen molar-refractivity contribution in [2.45, 2.75) is 45.4 Å². The maximum absolute atomic E-state index is 10.2. The van der Waals surface area contributed by atoms with Gasteiger partial charge in [0.25, 0.3) is 0 Å². The van der Waals surface area contributed by atoms with Crippen molar-refractivity contribution in [3.63, 3.8) is 0 Å². The van der Waals surface area contributed by atoms with Crippen molar-refractivity contribution in [1.29, 1.82) is 0 Å². The number of aromatic nitrogens is 3. The van der Waals surface area contributed by atoms with Crippen molar-refractivity contribution >= 4 is 5.57 Å². The molecule has 1 saturated carbocycles. The van der Waals surface area contributed by atoms with Crippen LogP contribution >= 0.6 is 0 Å². The molecule has 6 nitrogen and oxygen atoms in total. The van der Waals surface area contributed by atoms with E-state index in [0.717, 1.165) is 42.0 Å². The predicted octanol–water partition coefficient (Wildman–Crippen LogP) is 4.77. The Balaban J connectivity index is 1.51. The Bertz CT molecular complexity index is 946. The number of rotatable bonds is 7. The van der Waals surface area contributed by atoms with Gasteiger partial charge < -0.3 is 15.2 Å². The number of nitrogens with one attached hydrogen (secondary N) is 1. The van der Waals surface area contributed by atoms with Crippen LogP contribution in [0.1, 0.15) is 51.3 Å². The molecule has 0 aliphatic heterocycles. The summed E-state index contributed by atoms with van der Waals surface area (Å²) in [4.78, 5) is 13.0. The number of aromatic hydroxyl groups is 1. The van der Waals surface area contributed by atoms with Gasteiger partial charge in [-0.1, -0.05) is 31.4 Å². The number of ether oxygens (including phenoxy) is 1. The van der Waals surface area contributed by atoms with E-state index in [-0.39, 0.29) is 6.01 Å². The lowest BCUT2D eigenvalue weighted by Gasteiger charge is -2.21. The highest BCUT2D eigenvalue weighted by Crippen LogP contribution is 2.31. The van der Waals surface area contributed by atoms with Gasteiger partial charge >= 0.3 is 6.01 Å². The minimum atomic E-state index is -0.262. The van der Waals surface area contributed by atoms with Crippen LogP contribution < -0.4 is 10.1 Å². The first-order valence-corrected chi connectivity index (χ1v) is 11.3. The Hall–Kier alpha value is -2.73. The summed E-state index contributed by atoms with van der Waals surface area (Å²) in [5.74, 6) is 2.88. The number of allylic oxidation sites excluding steroid dienone is 3. The fourth-order valence-electron chi connectivity index (χ4n) is 4.41. The first-order valence-electron chi connectivity index (χ1n) is 11.3. The Kier molecular flexibility index (Phi) is 6.97. The van der Waals surface area contributed by atoms with Gasteiger partial charge in [0.2, 0.25) is 0 Å². The van der Waals surface area contributed by atoms with Crippen LogP contribution in [0.15, 0.2) is 42.0 Å². The summed E-state index contributed by atoms with van der Waals surface area (Å²) in [6, 6.07) is 7.52. The van der Waals surface area contributed by atoms with Gasteiger partial charge in [0.05, 0.1) is 6.61 Å². The van der Waals surface area contributed by atoms with Gasteiger partial charge in [-0.2, -0.15) is 9.97 Å². The van der Waals surface area contributed by atoms with Gasteiger partial charge in [0.15, 0.2) is 11.6 Å². The van der Waals surface area contributed by atoms with E-state index >= 15 is 0 Å². The van der Waals surface area contributed by atoms with Crippen molar-refractivity contribution in [2.24, 2.45) is 11.8 Å². The molecule has 2 aliphatic carbocycles. The molecule has 1 fully saturated rings. The third-order valence-electron chi connectivity index (χ3n) is 6.21. The van der Waals surface area contributed by atoms with E-state index in [9.17, 15) is 5.11 Å². The first kappa shape index (κ1) is 21.5.